The molecule has 6 nitrogen and oxygen atoms in total. The largest absolute Gasteiger partial charge is 0.399 e. The zero-order valence-corrected chi connectivity index (χ0v) is 11.5. The Hall–Kier alpha value is -2.50. The van der Waals surface area contributed by atoms with Gasteiger partial charge in [-0.25, -0.2) is 0 Å². The molecule has 106 valence electrons. The van der Waals surface area contributed by atoms with Crippen molar-refractivity contribution >= 4 is 17.3 Å². The van der Waals surface area contributed by atoms with E-state index in [9.17, 15) is 4.79 Å². The summed E-state index contributed by atoms with van der Waals surface area (Å²) in [5.41, 5.74) is 7.74. The summed E-state index contributed by atoms with van der Waals surface area (Å²) < 4.78 is 1.82. The molecule has 0 unspecified atom stereocenters. The van der Waals surface area contributed by atoms with Crippen molar-refractivity contribution in [3.8, 4) is 0 Å². The Morgan fingerprint density at radius 2 is 2.30 bits per heavy atom. The summed E-state index contributed by atoms with van der Waals surface area (Å²) >= 11 is 0. The second-order valence-corrected chi connectivity index (χ2v) is 4.36. The molecule has 0 radical (unpaired) electrons. The van der Waals surface area contributed by atoms with E-state index in [1.807, 2.05) is 23.9 Å². The van der Waals surface area contributed by atoms with Gasteiger partial charge in [0.25, 0.3) is 5.91 Å². The number of carbonyl (C=O) groups excluding carboxylic acids is 1. The van der Waals surface area contributed by atoms with Crippen LogP contribution in [0.5, 0.6) is 0 Å². The van der Waals surface area contributed by atoms with Crippen LogP contribution in [0.4, 0.5) is 11.4 Å². The lowest BCUT2D eigenvalue weighted by Crippen LogP contribution is -2.24. The van der Waals surface area contributed by atoms with E-state index in [0.29, 0.717) is 24.3 Å². The highest BCUT2D eigenvalue weighted by Gasteiger charge is 2.10. The SMILES string of the molecule is CCNC(=O)c1ccc(N)cc1NCCn1cccn1. The highest BCUT2D eigenvalue weighted by atomic mass is 16.1. The fourth-order valence-corrected chi connectivity index (χ4v) is 1.90. The van der Waals surface area contributed by atoms with Crippen molar-refractivity contribution in [2.24, 2.45) is 0 Å². The highest BCUT2D eigenvalue weighted by molar-refractivity contribution is 6.00. The number of anilines is 2. The van der Waals surface area contributed by atoms with Crippen LogP contribution in [-0.2, 0) is 6.54 Å². The van der Waals surface area contributed by atoms with Gasteiger partial charge in [-0.2, -0.15) is 5.10 Å². The molecule has 0 atom stereocenters. The first-order valence-corrected chi connectivity index (χ1v) is 6.59. The molecule has 20 heavy (non-hydrogen) atoms. The van der Waals surface area contributed by atoms with E-state index >= 15 is 0 Å². The first kappa shape index (κ1) is 13.9. The fourth-order valence-electron chi connectivity index (χ4n) is 1.90. The number of nitrogens with two attached hydrogens (primary N) is 1. The summed E-state index contributed by atoms with van der Waals surface area (Å²) in [7, 11) is 0. The van der Waals surface area contributed by atoms with Crippen molar-refractivity contribution in [1.29, 1.82) is 0 Å². The van der Waals surface area contributed by atoms with Crippen LogP contribution in [0.15, 0.2) is 36.7 Å². The lowest BCUT2D eigenvalue weighted by Gasteiger charge is -2.12. The Morgan fingerprint density at radius 3 is 3.00 bits per heavy atom. The average Bonchev–Trinajstić information content (AvgIpc) is 2.92. The maximum Gasteiger partial charge on any atom is 0.253 e. The van der Waals surface area contributed by atoms with Gasteiger partial charge in [0.1, 0.15) is 0 Å². The van der Waals surface area contributed by atoms with Crippen LogP contribution in [0.25, 0.3) is 0 Å². The molecule has 4 N–H and O–H groups in total. The van der Waals surface area contributed by atoms with E-state index in [-0.39, 0.29) is 5.91 Å². The van der Waals surface area contributed by atoms with Gasteiger partial charge in [0.05, 0.1) is 12.1 Å². The molecule has 0 aliphatic rings. The molecule has 1 heterocycles. The number of hydrogen-bond donors (Lipinski definition) is 3. The Kier molecular flexibility index (Phi) is 4.60. The van der Waals surface area contributed by atoms with Crippen molar-refractivity contribution in [3.05, 3.63) is 42.2 Å². The van der Waals surface area contributed by atoms with Crippen molar-refractivity contribution in [1.82, 2.24) is 15.1 Å². The van der Waals surface area contributed by atoms with Gasteiger partial charge in [-0.15, -0.1) is 0 Å². The normalized spacial score (nSPS) is 10.2. The molecule has 0 bridgehead atoms. The van der Waals surface area contributed by atoms with Crippen molar-refractivity contribution < 1.29 is 4.79 Å². The second-order valence-electron chi connectivity index (χ2n) is 4.36. The van der Waals surface area contributed by atoms with Gasteiger partial charge in [-0.05, 0) is 31.2 Å². The number of hydrogen-bond acceptors (Lipinski definition) is 4. The van der Waals surface area contributed by atoms with Gasteiger partial charge in [-0.1, -0.05) is 0 Å². The van der Waals surface area contributed by atoms with Crippen LogP contribution in [0.1, 0.15) is 17.3 Å². The molecule has 0 saturated carbocycles. The number of nitrogens with zero attached hydrogens (tertiary/aromatic N) is 2. The lowest BCUT2D eigenvalue weighted by molar-refractivity contribution is 0.0956. The minimum atomic E-state index is -0.103. The maximum atomic E-state index is 12.0. The van der Waals surface area contributed by atoms with Gasteiger partial charge < -0.3 is 16.4 Å². The third-order valence-electron chi connectivity index (χ3n) is 2.84. The van der Waals surface area contributed by atoms with Gasteiger partial charge in [0.15, 0.2) is 0 Å². The summed E-state index contributed by atoms with van der Waals surface area (Å²) in [6.07, 6.45) is 3.63. The Morgan fingerprint density at radius 1 is 1.45 bits per heavy atom. The molecule has 0 aliphatic carbocycles. The van der Waals surface area contributed by atoms with Gasteiger partial charge in [0.2, 0.25) is 0 Å². The summed E-state index contributed by atoms with van der Waals surface area (Å²) in [5.74, 6) is -0.103. The fraction of sp³-hybridized carbons (Fsp3) is 0.286. The van der Waals surface area contributed by atoms with Gasteiger partial charge >= 0.3 is 0 Å². The molecule has 1 aromatic heterocycles. The molecule has 6 heteroatoms. The molecule has 0 aliphatic heterocycles. The van der Waals surface area contributed by atoms with E-state index in [4.69, 9.17) is 5.73 Å². The van der Waals surface area contributed by atoms with Crippen LogP contribution in [0, 0.1) is 0 Å². The van der Waals surface area contributed by atoms with Crippen molar-refractivity contribution in [3.63, 3.8) is 0 Å². The van der Waals surface area contributed by atoms with Crippen LogP contribution in [0.2, 0.25) is 0 Å². The molecule has 0 saturated heterocycles. The van der Waals surface area contributed by atoms with E-state index in [0.717, 1.165) is 12.2 Å². The second kappa shape index (κ2) is 6.60. The van der Waals surface area contributed by atoms with Gasteiger partial charge in [-0.3, -0.25) is 9.48 Å². The number of carbonyl (C=O) groups is 1. The first-order valence-electron chi connectivity index (χ1n) is 6.59. The van der Waals surface area contributed by atoms with Crippen molar-refractivity contribution in [2.75, 3.05) is 24.1 Å². The number of rotatable bonds is 6. The maximum absolute atomic E-state index is 12.0. The molecule has 1 amide bonds. The third kappa shape index (κ3) is 3.50. The zero-order valence-electron chi connectivity index (χ0n) is 11.5. The summed E-state index contributed by atoms with van der Waals surface area (Å²) in [6.45, 7) is 3.87. The molecule has 0 fully saturated rings. The lowest BCUT2D eigenvalue weighted by atomic mass is 10.1. The molecular weight excluding hydrogens is 254 g/mol. The topological polar surface area (TPSA) is 85.0 Å². The predicted molar refractivity (Wildman–Crippen MR) is 79.6 cm³/mol. The van der Waals surface area contributed by atoms with Crippen LogP contribution in [0.3, 0.4) is 0 Å². The van der Waals surface area contributed by atoms with Gasteiger partial charge in [0, 0.05) is 36.9 Å². The average molecular weight is 273 g/mol. The van der Waals surface area contributed by atoms with Crippen LogP contribution in [-0.4, -0.2) is 28.8 Å². The number of nitrogen functional groups attached to an aromatic ring is 1. The number of benzene rings is 1. The van der Waals surface area contributed by atoms with Crippen LogP contribution < -0.4 is 16.4 Å². The molecule has 2 rings (SSSR count). The summed E-state index contributed by atoms with van der Waals surface area (Å²) in [6, 6.07) is 7.11. The third-order valence-corrected chi connectivity index (χ3v) is 2.84. The molecule has 0 spiro atoms. The number of nitrogens with one attached hydrogen (secondary N) is 2. The summed E-state index contributed by atoms with van der Waals surface area (Å²) in [5, 5.41) is 10.1. The number of amides is 1. The number of aromatic nitrogens is 2. The van der Waals surface area contributed by atoms with Crippen molar-refractivity contribution in [2.45, 2.75) is 13.5 Å². The minimum absolute atomic E-state index is 0.103. The standard InChI is InChI=1S/C14H19N5O/c1-2-16-14(20)12-5-4-11(15)10-13(12)17-7-9-19-8-3-6-18-19/h3-6,8,10,17H,2,7,9,15H2,1H3,(H,16,20). The Bertz CT molecular complexity index is 565. The predicted octanol–water partition coefficient (Wildman–Crippen LogP) is 1.33. The quantitative estimate of drug-likeness (QED) is 0.693. The van der Waals surface area contributed by atoms with E-state index in [1.54, 1.807) is 24.4 Å². The van der Waals surface area contributed by atoms with E-state index in [2.05, 4.69) is 15.7 Å². The molecule has 1 aromatic carbocycles. The zero-order chi connectivity index (χ0) is 14.4. The van der Waals surface area contributed by atoms with E-state index in [1.165, 1.54) is 0 Å². The smallest absolute Gasteiger partial charge is 0.253 e. The minimum Gasteiger partial charge on any atom is -0.399 e. The Labute approximate surface area is 118 Å². The summed E-state index contributed by atoms with van der Waals surface area (Å²) in [4.78, 5) is 12.0. The monoisotopic (exact) mass is 273 g/mol. The Balaban J connectivity index is 2.05. The van der Waals surface area contributed by atoms with E-state index < -0.39 is 0 Å². The highest BCUT2D eigenvalue weighted by Crippen LogP contribution is 2.19. The molecular formula is C14H19N5O. The van der Waals surface area contributed by atoms with Crippen LogP contribution >= 0.6 is 0 Å². The molecule has 2 aromatic rings. The first-order chi connectivity index (χ1) is 9.70.